The van der Waals surface area contributed by atoms with E-state index >= 15 is 0 Å². The zero-order valence-electron chi connectivity index (χ0n) is 9.06. The number of likely N-dealkylation sites (tertiary alicyclic amines) is 1. The minimum absolute atomic E-state index is 0.386. The molecule has 3 fully saturated rings. The molecule has 1 heterocycles. The highest BCUT2D eigenvalue weighted by Gasteiger charge is 2.47. The van der Waals surface area contributed by atoms with E-state index < -0.39 is 5.97 Å². The molecule has 1 aliphatic heterocycles. The standard InChI is InChI=1S/C12H19NO2/c14-12(15)4-8-1-2-11(3-8)13-6-9-5-10(9)7-13/h8-11H,1-7H2,(H,14,15). The highest BCUT2D eigenvalue weighted by molar-refractivity contribution is 5.67. The molecule has 2 saturated carbocycles. The van der Waals surface area contributed by atoms with Crippen molar-refractivity contribution in [1.29, 1.82) is 0 Å². The zero-order valence-corrected chi connectivity index (χ0v) is 9.06. The summed E-state index contributed by atoms with van der Waals surface area (Å²) in [7, 11) is 0. The normalized spacial score (nSPS) is 44.3. The lowest BCUT2D eigenvalue weighted by Gasteiger charge is -2.25. The Labute approximate surface area is 90.5 Å². The summed E-state index contributed by atoms with van der Waals surface area (Å²) >= 11 is 0. The van der Waals surface area contributed by atoms with Crippen molar-refractivity contribution >= 4 is 5.97 Å². The first-order chi connectivity index (χ1) is 7.22. The molecule has 3 aliphatic rings. The summed E-state index contributed by atoms with van der Waals surface area (Å²) in [5.41, 5.74) is 0. The van der Waals surface area contributed by atoms with Crippen LogP contribution in [0.5, 0.6) is 0 Å². The van der Waals surface area contributed by atoms with Gasteiger partial charge in [-0.15, -0.1) is 0 Å². The van der Waals surface area contributed by atoms with Crippen LogP contribution in [0.3, 0.4) is 0 Å². The minimum atomic E-state index is -0.620. The van der Waals surface area contributed by atoms with Crippen LogP contribution in [0.4, 0.5) is 0 Å². The lowest BCUT2D eigenvalue weighted by Crippen LogP contribution is -2.32. The first-order valence-electron chi connectivity index (χ1n) is 6.18. The summed E-state index contributed by atoms with van der Waals surface area (Å²) in [4.78, 5) is 13.3. The van der Waals surface area contributed by atoms with E-state index in [-0.39, 0.29) is 0 Å². The van der Waals surface area contributed by atoms with E-state index in [0.717, 1.165) is 24.7 Å². The lowest BCUT2D eigenvalue weighted by molar-refractivity contribution is -0.138. The Morgan fingerprint density at radius 1 is 1.20 bits per heavy atom. The molecule has 0 bridgehead atoms. The molecule has 0 aromatic carbocycles. The van der Waals surface area contributed by atoms with Gasteiger partial charge in [-0.05, 0) is 43.4 Å². The molecular formula is C12H19NO2. The zero-order chi connectivity index (χ0) is 10.4. The maximum atomic E-state index is 10.6. The fourth-order valence-corrected chi connectivity index (χ4v) is 3.55. The van der Waals surface area contributed by atoms with Gasteiger partial charge in [-0.1, -0.05) is 0 Å². The summed E-state index contributed by atoms with van der Waals surface area (Å²) in [6.45, 7) is 2.60. The molecule has 1 N–H and O–H groups in total. The fraction of sp³-hybridized carbons (Fsp3) is 0.917. The number of rotatable bonds is 3. The molecule has 0 amide bonds. The number of hydrogen-bond donors (Lipinski definition) is 1. The first-order valence-corrected chi connectivity index (χ1v) is 6.18. The average Bonchev–Trinajstić information content (AvgIpc) is 2.65. The third-order valence-corrected chi connectivity index (χ3v) is 4.50. The van der Waals surface area contributed by atoms with Gasteiger partial charge < -0.3 is 5.11 Å². The van der Waals surface area contributed by atoms with Crippen LogP contribution in [0, 0.1) is 17.8 Å². The first kappa shape index (κ1) is 9.64. The monoisotopic (exact) mass is 209 g/mol. The summed E-state index contributed by atoms with van der Waals surface area (Å²) in [5.74, 6) is 1.83. The second kappa shape index (κ2) is 3.48. The summed E-state index contributed by atoms with van der Waals surface area (Å²) in [6, 6.07) is 0.710. The molecule has 0 aromatic heterocycles. The predicted molar refractivity (Wildman–Crippen MR) is 56.6 cm³/mol. The number of nitrogens with zero attached hydrogens (tertiary/aromatic N) is 1. The smallest absolute Gasteiger partial charge is 0.303 e. The van der Waals surface area contributed by atoms with E-state index in [2.05, 4.69) is 4.90 Å². The Kier molecular flexibility index (Phi) is 2.23. The second-order valence-corrected chi connectivity index (χ2v) is 5.64. The van der Waals surface area contributed by atoms with Crippen LogP contribution in [-0.2, 0) is 4.79 Å². The summed E-state index contributed by atoms with van der Waals surface area (Å²) < 4.78 is 0. The maximum Gasteiger partial charge on any atom is 0.303 e. The van der Waals surface area contributed by atoms with Crippen LogP contribution < -0.4 is 0 Å². The van der Waals surface area contributed by atoms with E-state index in [9.17, 15) is 4.79 Å². The number of aliphatic carboxylic acids is 1. The van der Waals surface area contributed by atoms with Gasteiger partial charge in [0.05, 0.1) is 0 Å². The quantitative estimate of drug-likeness (QED) is 0.767. The van der Waals surface area contributed by atoms with Crippen molar-refractivity contribution in [2.45, 2.75) is 38.1 Å². The maximum absolute atomic E-state index is 10.6. The van der Waals surface area contributed by atoms with Crippen molar-refractivity contribution in [3.63, 3.8) is 0 Å². The van der Waals surface area contributed by atoms with Gasteiger partial charge in [-0.25, -0.2) is 0 Å². The molecule has 0 radical (unpaired) electrons. The van der Waals surface area contributed by atoms with Crippen molar-refractivity contribution in [3.05, 3.63) is 0 Å². The van der Waals surface area contributed by atoms with Gasteiger partial charge in [0.15, 0.2) is 0 Å². The van der Waals surface area contributed by atoms with Crippen molar-refractivity contribution in [2.75, 3.05) is 13.1 Å². The number of fused-ring (bicyclic) bond motifs is 1. The molecule has 0 spiro atoms. The van der Waals surface area contributed by atoms with Crippen molar-refractivity contribution in [2.24, 2.45) is 17.8 Å². The molecule has 4 unspecified atom stereocenters. The predicted octanol–water partition coefficient (Wildman–Crippen LogP) is 1.58. The van der Waals surface area contributed by atoms with Crippen LogP contribution in [0.25, 0.3) is 0 Å². The van der Waals surface area contributed by atoms with Crippen LogP contribution in [0.15, 0.2) is 0 Å². The Balaban J connectivity index is 1.50. The summed E-state index contributed by atoms with van der Waals surface area (Å²) in [5, 5.41) is 8.76. The van der Waals surface area contributed by atoms with Crippen LogP contribution >= 0.6 is 0 Å². The van der Waals surface area contributed by atoms with Gasteiger partial charge in [0, 0.05) is 25.6 Å². The molecule has 2 aliphatic carbocycles. The number of carboxylic acids is 1. The van der Waals surface area contributed by atoms with E-state index in [4.69, 9.17) is 5.11 Å². The Morgan fingerprint density at radius 2 is 1.93 bits per heavy atom. The second-order valence-electron chi connectivity index (χ2n) is 5.64. The molecule has 3 rings (SSSR count). The molecule has 0 aromatic rings. The van der Waals surface area contributed by atoms with Gasteiger partial charge in [0.25, 0.3) is 0 Å². The van der Waals surface area contributed by atoms with Crippen LogP contribution in [0.2, 0.25) is 0 Å². The van der Waals surface area contributed by atoms with Crippen LogP contribution in [-0.4, -0.2) is 35.1 Å². The van der Waals surface area contributed by atoms with E-state index in [1.807, 2.05) is 0 Å². The third kappa shape index (κ3) is 1.89. The van der Waals surface area contributed by atoms with E-state index in [1.165, 1.54) is 25.9 Å². The van der Waals surface area contributed by atoms with Gasteiger partial charge in [-0.3, -0.25) is 9.69 Å². The number of carboxylic acid groups (broad SMARTS) is 1. The van der Waals surface area contributed by atoms with E-state index in [1.54, 1.807) is 0 Å². The highest BCUT2D eigenvalue weighted by Crippen LogP contribution is 2.47. The van der Waals surface area contributed by atoms with Crippen molar-refractivity contribution in [3.8, 4) is 0 Å². The topological polar surface area (TPSA) is 40.5 Å². The molecule has 84 valence electrons. The SMILES string of the molecule is O=C(O)CC1CCC(N2CC3CC3C2)C1. The Hall–Kier alpha value is -0.570. The molecule has 1 saturated heterocycles. The number of hydrogen-bond acceptors (Lipinski definition) is 2. The molecule has 4 atom stereocenters. The number of carbonyl (C=O) groups is 1. The Bertz CT molecular complexity index is 269. The van der Waals surface area contributed by atoms with E-state index in [0.29, 0.717) is 18.4 Å². The minimum Gasteiger partial charge on any atom is -0.481 e. The van der Waals surface area contributed by atoms with Crippen molar-refractivity contribution in [1.82, 2.24) is 4.90 Å². The van der Waals surface area contributed by atoms with Gasteiger partial charge in [-0.2, -0.15) is 0 Å². The Morgan fingerprint density at radius 3 is 2.60 bits per heavy atom. The molecular weight excluding hydrogens is 190 g/mol. The van der Waals surface area contributed by atoms with Crippen molar-refractivity contribution < 1.29 is 9.90 Å². The van der Waals surface area contributed by atoms with Gasteiger partial charge >= 0.3 is 5.97 Å². The summed E-state index contributed by atoms with van der Waals surface area (Å²) in [6.07, 6.45) is 5.34. The highest BCUT2D eigenvalue weighted by atomic mass is 16.4. The third-order valence-electron chi connectivity index (χ3n) is 4.50. The fourth-order valence-electron chi connectivity index (χ4n) is 3.55. The molecule has 3 nitrogen and oxygen atoms in total. The van der Waals surface area contributed by atoms with Crippen LogP contribution in [0.1, 0.15) is 32.1 Å². The van der Waals surface area contributed by atoms with Gasteiger partial charge in [0.1, 0.15) is 0 Å². The van der Waals surface area contributed by atoms with Gasteiger partial charge in [0.2, 0.25) is 0 Å². The lowest BCUT2D eigenvalue weighted by atomic mass is 10.0. The number of piperidine rings is 1. The molecule has 3 heteroatoms. The largest absolute Gasteiger partial charge is 0.481 e. The molecule has 15 heavy (non-hydrogen) atoms. The average molecular weight is 209 g/mol.